The van der Waals surface area contributed by atoms with Gasteiger partial charge in [0.05, 0.1) is 19.3 Å². The number of aryl methyl sites for hydroxylation is 2. The molecule has 142 valence electrons. The molecule has 3 heteroatoms. The minimum Gasteiger partial charge on any atom is -0.389 e. The molecule has 2 atom stereocenters. The van der Waals surface area contributed by atoms with Crippen molar-refractivity contribution in [3.05, 3.63) is 70.8 Å². The highest BCUT2D eigenvalue weighted by Gasteiger charge is 2.18. The number of benzene rings is 2. The Morgan fingerprint density at radius 2 is 1.81 bits per heavy atom. The summed E-state index contributed by atoms with van der Waals surface area (Å²) in [5.41, 5.74) is 5.05. The normalized spacial score (nSPS) is 13.8. The molecule has 0 heterocycles. The van der Waals surface area contributed by atoms with Gasteiger partial charge < -0.3 is 9.84 Å². The maximum absolute atomic E-state index is 10.5. The topological polar surface area (TPSA) is 32.7 Å². The summed E-state index contributed by atoms with van der Waals surface area (Å²) in [7, 11) is 0. The molecule has 2 aromatic carbocycles. The maximum Gasteiger partial charge on any atom is 0.0900 e. The first-order chi connectivity index (χ1) is 12.5. The Kier molecular flexibility index (Phi) is 8.30. The highest BCUT2D eigenvalue weighted by Crippen LogP contribution is 2.17. The van der Waals surface area contributed by atoms with Crippen molar-refractivity contribution in [2.45, 2.75) is 59.4 Å². The van der Waals surface area contributed by atoms with Crippen molar-refractivity contribution in [2.75, 3.05) is 13.2 Å². The highest BCUT2D eigenvalue weighted by molar-refractivity contribution is 5.30. The van der Waals surface area contributed by atoms with Gasteiger partial charge in [0, 0.05) is 19.1 Å². The minimum absolute atomic E-state index is 0.356. The van der Waals surface area contributed by atoms with Crippen LogP contribution in [0.5, 0.6) is 0 Å². The summed E-state index contributed by atoms with van der Waals surface area (Å²) >= 11 is 0. The van der Waals surface area contributed by atoms with Crippen LogP contribution in [0, 0.1) is 13.8 Å². The van der Waals surface area contributed by atoms with Crippen molar-refractivity contribution in [2.24, 2.45) is 0 Å². The molecule has 0 aromatic heterocycles. The van der Waals surface area contributed by atoms with E-state index >= 15 is 0 Å². The van der Waals surface area contributed by atoms with Gasteiger partial charge in [-0.05, 0) is 43.9 Å². The molecule has 0 saturated carbocycles. The SMILES string of the molecule is CCC(C)N(Cc1cc(C)ccc1C)CC(O)COCc1ccccc1. The monoisotopic (exact) mass is 355 g/mol. The summed E-state index contributed by atoms with van der Waals surface area (Å²) in [5, 5.41) is 10.5. The van der Waals surface area contributed by atoms with Gasteiger partial charge in [0.1, 0.15) is 0 Å². The Morgan fingerprint density at radius 3 is 2.50 bits per heavy atom. The Bertz CT molecular complexity index is 657. The zero-order valence-electron chi connectivity index (χ0n) is 16.6. The second kappa shape index (κ2) is 10.5. The lowest BCUT2D eigenvalue weighted by Gasteiger charge is -2.31. The first-order valence-electron chi connectivity index (χ1n) is 9.59. The number of aliphatic hydroxyl groups excluding tert-OH is 1. The number of ether oxygens (including phenoxy) is 1. The third-order valence-corrected chi connectivity index (χ3v) is 4.96. The van der Waals surface area contributed by atoms with E-state index in [4.69, 9.17) is 4.74 Å². The Hall–Kier alpha value is -1.68. The lowest BCUT2D eigenvalue weighted by molar-refractivity contribution is 0.00141. The van der Waals surface area contributed by atoms with E-state index in [-0.39, 0.29) is 0 Å². The van der Waals surface area contributed by atoms with Crippen LogP contribution in [0.2, 0.25) is 0 Å². The average Bonchev–Trinajstić information content (AvgIpc) is 2.64. The molecule has 26 heavy (non-hydrogen) atoms. The van der Waals surface area contributed by atoms with Crippen LogP contribution >= 0.6 is 0 Å². The molecule has 0 spiro atoms. The lowest BCUT2D eigenvalue weighted by atomic mass is 10.0. The molecule has 0 fully saturated rings. The Labute approximate surface area is 158 Å². The zero-order chi connectivity index (χ0) is 18.9. The highest BCUT2D eigenvalue weighted by atomic mass is 16.5. The van der Waals surface area contributed by atoms with Gasteiger partial charge in [-0.15, -0.1) is 0 Å². The van der Waals surface area contributed by atoms with E-state index in [0.29, 0.717) is 25.8 Å². The second-order valence-electron chi connectivity index (χ2n) is 7.27. The summed E-state index contributed by atoms with van der Waals surface area (Å²) in [6.07, 6.45) is 0.570. The fraction of sp³-hybridized carbons (Fsp3) is 0.478. The van der Waals surface area contributed by atoms with Crippen LogP contribution in [0.15, 0.2) is 48.5 Å². The third kappa shape index (κ3) is 6.56. The van der Waals surface area contributed by atoms with E-state index in [1.54, 1.807) is 0 Å². The predicted octanol–water partition coefficient (Wildman–Crippen LogP) is 4.48. The van der Waals surface area contributed by atoms with Gasteiger partial charge in [-0.1, -0.05) is 61.0 Å². The molecule has 0 amide bonds. The molecule has 0 aliphatic rings. The quantitative estimate of drug-likeness (QED) is 0.682. The van der Waals surface area contributed by atoms with Gasteiger partial charge in [0.2, 0.25) is 0 Å². The van der Waals surface area contributed by atoms with Gasteiger partial charge in [-0.25, -0.2) is 0 Å². The number of aliphatic hydroxyl groups is 1. The molecule has 0 saturated heterocycles. The summed E-state index contributed by atoms with van der Waals surface area (Å²) < 4.78 is 5.71. The van der Waals surface area contributed by atoms with Gasteiger partial charge in [-0.2, -0.15) is 0 Å². The number of hydrogen-bond donors (Lipinski definition) is 1. The Morgan fingerprint density at radius 1 is 1.08 bits per heavy atom. The molecular formula is C23H33NO2. The third-order valence-electron chi connectivity index (χ3n) is 4.96. The molecular weight excluding hydrogens is 322 g/mol. The van der Waals surface area contributed by atoms with E-state index in [1.165, 1.54) is 16.7 Å². The fourth-order valence-corrected chi connectivity index (χ4v) is 3.06. The van der Waals surface area contributed by atoms with Crippen molar-refractivity contribution in [3.63, 3.8) is 0 Å². The van der Waals surface area contributed by atoms with E-state index in [2.05, 4.69) is 50.8 Å². The molecule has 3 nitrogen and oxygen atoms in total. The van der Waals surface area contributed by atoms with Crippen LogP contribution < -0.4 is 0 Å². The average molecular weight is 356 g/mol. The standard InChI is InChI=1S/C23H33NO2/c1-5-20(4)24(14-22-13-18(2)11-12-19(22)3)15-23(25)17-26-16-21-9-7-6-8-10-21/h6-13,20,23,25H,5,14-17H2,1-4H3. The predicted molar refractivity (Wildman–Crippen MR) is 108 cm³/mol. The molecule has 0 bridgehead atoms. The Balaban J connectivity index is 1.91. The van der Waals surface area contributed by atoms with Crippen molar-refractivity contribution in [1.29, 1.82) is 0 Å². The number of hydrogen-bond acceptors (Lipinski definition) is 3. The van der Waals surface area contributed by atoms with E-state index in [9.17, 15) is 5.11 Å². The summed E-state index contributed by atoms with van der Waals surface area (Å²) in [4.78, 5) is 2.36. The van der Waals surface area contributed by atoms with Crippen LogP contribution in [0.1, 0.15) is 42.5 Å². The van der Waals surface area contributed by atoms with E-state index < -0.39 is 6.10 Å². The molecule has 0 aliphatic heterocycles. The molecule has 2 rings (SSSR count). The minimum atomic E-state index is -0.488. The number of rotatable bonds is 10. The van der Waals surface area contributed by atoms with Gasteiger partial charge in [0.15, 0.2) is 0 Å². The fourth-order valence-electron chi connectivity index (χ4n) is 3.06. The second-order valence-corrected chi connectivity index (χ2v) is 7.27. The zero-order valence-corrected chi connectivity index (χ0v) is 16.6. The van der Waals surface area contributed by atoms with Gasteiger partial charge in [-0.3, -0.25) is 4.90 Å². The van der Waals surface area contributed by atoms with Crippen molar-refractivity contribution >= 4 is 0 Å². The van der Waals surface area contributed by atoms with Crippen LogP contribution in [-0.2, 0) is 17.9 Å². The van der Waals surface area contributed by atoms with Crippen molar-refractivity contribution < 1.29 is 9.84 Å². The van der Waals surface area contributed by atoms with E-state index in [1.807, 2.05) is 30.3 Å². The van der Waals surface area contributed by atoms with Crippen LogP contribution in [0.4, 0.5) is 0 Å². The van der Waals surface area contributed by atoms with Crippen LogP contribution in [-0.4, -0.2) is 35.3 Å². The van der Waals surface area contributed by atoms with E-state index in [0.717, 1.165) is 18.5 Å². The van der Waals surface area contributed by atoms with Crippen molar-refractivity contribution in [3.8, 4) is 0 Å². The first kappa shape index (κ1) is 20.6. The summed E-state index contributed by atoms with van der Waals surface area (Å²) in [6, 6.07) is 17.1. The smallest absolute Gasteiger partial charge is 0.0900 e. The lowest BCUT2D eigenvalue weighted by Crippen LogP contribution is -2.40. The van der Waals surface area contributed by atoms with Crippen molar-refractivity contribution in [1.82, 2.24) is 4.90 Å². The molecule has 2 unspecified atom stereocenters. The van der Waals surface area contributed by atoms with Gasteiger partial charge >= 0.3 is 0 Å². The van der Waals surface area contributed by atoms with Gasteiger partial charge in [0.25, 0.3) is 0 Å². The number of nitrogens with zero attached hydrogens (tertiary/aromatic N) is 1. The van der Waals surface area contributed by atoms with Crippen LogP contribution in [0.25, 0.3) is 0 Å². The summed E-state index contributed by atoms with van der Waals surface area (Å²) in [6.45, 7) is 11.1. The van der Waals surface area contributed by atoms with Crippen LogP contribution in [0.3, 0.4) is 0 Å². The molecule has 0 aliphatic carbocycles. The first-order valence-corrected chi connectivity index (χ1v) is 9.59. The molecule has 2 aromatic rings. The maximum atomic E-state index is 10.5. The summed E-state index contributed by atoms with van der Waals surface area (Å²) in [5.74, 6) is 0. The molecule has 1 N–H and O–H groups in total. The largest absolute Gasteiger partial charge is 0.389 e. The molecule has 0 radical (unpaired) electrons.